The Morgan fingerprint density at radius 2 is 1.35 bits per heavy atom. The minimum atomic E-state index is -0.329. The molecule has 0 unspecified atom stereocenters. The minimum Gasteiger partial charge on any atom is -0.423 e. The van der Waals surface area contributed by atoms with Gasteiger partial charge in [0.1, 0.15) is 6.61 Å². The van der Waals surface area contributed by atoms with E-state index in [-0.39, 0.29) is 23.6 Å². The van der Waals surface area contributed by atoms with Gasteiger partial charge in [0.05, 0.1) is 0 Å². The van der Waals surface area contributed by atoms with Crippen LogP contribution in [0.3, 0.4) is 0 Å². The van der Waals surface area contributed by atoms with Crippen molar-refractivity contribution in [2.45, 2.75) is 0 Å². The number of ether oxygens (including phenoxy) is 1. The van der Waals surface area contributed by atoms with Crippen molar-refractivity contribution in [2.24, 2.45) is 0 Å². The van der Waals surface area contributed by atoms with Gasteiger partial charge in [-0.15, -0.1) is 0 Å². The molecule has 4 amide bonds. The largest absolute Gasteiger partial charge is 0.423 e. The van der Waals surface area contributed by atoms with Gasteiger partial charge in [0, 0.05) is 24.3 Å². The zero-order valence-corrected chi connectivity index (χ0v) is 10.3. The van der Waals surface area contributed by atoms with Gasteiger partial charge < -0.3 is 4.74 Å². The monoisotopic (exact) mass is 277 g/mol. The Kier molecular flexibility index (Phi) is 8.21. The molecular formula is C12H11N3O5. The molecule has 0 aromatic heterocycles. The second-order valence-corrected chi connectivity index (χ2v) is 3.06. The van der Waals surface area contributed by atoms with Crippen LogP contribution in [0.5, 0.6) is 0 Å². The number of imide groups is 2. The predicted octanol–water partition coefficient (Wildman–Crippen LogP) is -0.932. The molecule has 2 N–H and O–H groups in total. The molecule has 0 spiro atoms. The molecule has 2 aliphatic heterocycles. The van der Waals surface area contributed by atoms with E-state index in [4.69, 9.17) is 5.26 Å². The van der Waals surface area contributed by atoms with E-state index in [0.29, 0.717) is 6.61 Å². The Hall–Kier alpha value is -3.21. The number of carbonyl (C=O) groups is 4. The Bertz CT molecular complexity index is 446. The van der Waals surface area contributed by atoms with Gasteiger partial charge in [-0.05, 0) is 0 Å². The highest BCUT2D eigenvalue weighted by Crippen LogP contribution is 1.83. The van der Waals surface area contributed by atoms with E-state index in [1.807, 2.05) is 10.6 Å². The van der Waals surface area contributed by atoms with Crippen LogP contribution in [0.1, 0.15) is 0 Å². The van der Waals surface area contributed by atoms with Crippen molar-refractivity contribution in [3.05, 3.63) is 37.0 Å². The number of hydrogen-bond donors (Lipinski definition) is 2. The molecule has 0 radical (unpaired) electrons. The minimum absolute atomic E-state index is 0.316. The van der Waals surface area contributed by atoms with Crippen molar-refractivity contribution in [1.82, 2.24) is 10.6 Å². The average Bonchev–Trinajstić information content (AvgIpc) is 2.96. The second kappa shape index (κ2) is 9.78. The number of hydrogen-bond acceptors (Lipinski definition) is 6. The Balaban J connectivity index is 0.000000272. The Labute approximate surface area is 114 Å². The summed E-state index contributed by atoms with van der Waals surface area (Å²) in [6, 6.07) is 0. The molecule has 20 heavy (non-hydrogen) atoms. The molecule has 0 aliphatic carbocycles. The van der Waals surface area contributed by atoms with Crippen molar-refractivity contribution >= 4 is 23.6 Å². The molecule has 0 aromatic carbocycles. The molecule has 2 rings (SSSR count). The zero-order chi connectivity index (χ0) is 15.4. The summed E-state index contributed by atoms with van der Waals surface area (Å²) in [7, 11) is 0. The summed E-state index contributed by atoms with van der Waals surface area (Å²) in [5, 5.41) is 11.7. The van der Waals surface area contributed by atoms with Gasteiger partial charge in [0.2, 0.25) is 0 Å². The highest BCUT2D eigenvalue weighted by molar-refractivity contribution is 6.13. The van der Waals surface area contributed by atoms with E-state index < -0.39 is 0 Å². The highest BCUT2D eigenvalue weighted by Gasteiger charge is 2.07. The average molecular weight is 277 g/mol. The van der Waals surface area contributed by atoms with Crippen LogP contribution < -0.4 is 10.6 Å². The number of nitrogens with zero attached hydrogens (tertiary/aromatic N) is 1. The van der Waals surface area contributed by atoms with Crippen molar-refractivity contribution in [2.75, 3.05) is 6.61 Å². The molecule has 0 atom stereocenters. The third kappa shape index (κ3) is 8.89. The summed E-state index contributed by atoms with van der Waals surface area (Å²) in [5.74, 6) is -1.31. The number of nitriles is 1. The summed E-state index contributed by atoms with van der Waals surface area (Å²) in [6.45, 7) is 3.64. The maximum Gasteiger partial charge on any atom is 0.286 e. The van der Waals surface area contributed by atoms with Crippen LogP contribution >= 0.6 is 0 Å². The van der Waals surface area contributed by atoms with Crippen LogP contribution in [0.2, 0.25) is 0 Å². The molecule has 0 bridgehead atoms. The van der Waals surface area contributed by atoms with Crippen LogP contribution in [0.15, 0.2) is 37.0 Å². The summed E-state index contributed by atoms with van der Waals surface area (Å²) in [4.78, 5) is 40.1. The lowest BCUT2D eigenvalue weighted by atomic mass is 10.6. The number of carbonyl (C=O) groups excluding carboxylic acids is 4. The molecule has 8 nitrogen and oxygen atoms in total. The molecule has 2 heterocycles. The molecule has 0 saturated heterocycles. The van der Waals surface area contributed by atoms with Gasteiger partial charge in [-0.1, -0.05) is 12.7 Å². The van der Waals surface area contributed by atoms with Crippen LogP contribution in [0, 0.1) is 11.5 Å². The van der Waals surface area contributed by atoms with E-state index >= 15 is 0 Å². The van der Waals surface area contributed by atoms with E-state index in [1.165, 1.54) is 36.6 Å². The zero-order valence-electron chi connectivity index (χ0n) is 10.3. The fourth-order valence-corrected chi connectivity index (χ4v) is 0.808. The third-order valence-electron chi connectivity index (χ3n) is 1.53. The lowest BCUT2D eigenvalue weighted by Gasteiger charge is -1.80. The highest BCUT2D eigenvalue weighted by atomic mass is 16.5. The topological polar surface area (TPSA) is 125 Å². The van der Waals surface area contributed by atoms with Crippen molar-refractivity contribution in [3.63, 3.8) is 0 Å². The van der Waals surface area contributed by atoms with Gasteiger partial charge in [-0.25, -0.2) is 0 Å². The fraction of sp³-hybridized carbons (Fsp3) is 0.0833. The number of amides is 4. The van der Waals surface area contributed by atoms with Crippen LogP contribution in [0.4, 0.5) is 0 Å². The lowest BCUT2D eigenvalue weighted by Crippen LogP contribution is -2.19. The van der Waals surface area contributed by atoms with Gasteiger partial charge in [-0.3, -0.25) is 29.8 Å². The quantitative estimate of drug-likeness (QED) is 0.290. The molecule has 2 aliphatic rings. The first-order valence-corrected chi connectivity index (χ1v) is 5.17. The second-order valence-electron chi connectivity index (χ2n) is 3.06. The summed E-state index contributed by atoms with van der Waals surface area (Å²) < 4.78 is 4.17. The Morgan fingerprint density at radius 1 is 1.00 bits per heavy atom. The molecule has 104 valence electrons. The van der Waals surface area contributed by atoms with Gasteiger partial charge in [-0.2, -0.15) is 5.26 Å². The molecule has 8 heteroatoms. The van der Waals surface area contributed by atoms with Crippen molar-refractivity contribution < 1.29 is 23.9 Å². The van der Waals surface area contributed by atoms with E-state index in [2.05, 4.69) is 11.3 Å². The molecule has 0 aromatic rings. The van der Waals surface area contributed by atoms with E-state index in [0.717, 1.165) is 0 Å². The Morgan fingerprint density at radius 3 is 1.45 bits per heavy atom. The first-order chi connectivity index (χ1) is 9.49. The van der Waals surface area contributed by atoms with Crippen LogP contribution in [-0.2, 0) is 23.9 Å². The van der Waals surface area contributed by atoms with Gasteiger partial charge >= 0.3 is 0 Å². The molecule has 0 fully saturated rings. The fourth-order valence-electron chi connectivity index (χ4n) is 0.808. The summed E-state index contributed by atoms with van der Waals surface area (Å²) >= 11 is 0. The standard InChI is InChI=1S/2C4H3NO2.C4H5NO/c2*6-3-1-2-4(7)5-3;1-2-3-6-4-5/h2*1-2H,(H,5,6,7);2H,1,3H2. The maximum atomic E-state index is 10.0. The SMILES string of the molecule is C=CCOC#N.O=C1C=CC(=O)N1.O=C1C=CC(=O)N1. The summed E-state index contributed by atoms with van der Waals surface area (Å²) in [5.41, 5.74) is 0. The number of nitrogens with one attached hydrogen (secondary N) is 2. The lowest BCUT2D eigenvalue weighted by molar-refractivity contribution is -0.125. The van der Waals surface area contributed by atoms with E-state index in [9.17, 15) is 19.2 Å². The normalized spacial score (nSPS) is 14.2. The van der Waals surface area contributed by atoms with Gasteiger partial charge in [0.15, 0.2) is 0 Å². The third-order valence-corrected chi connectivity index (χ3v) is 1.53. The molecular weight excluding hydrogens is 266 g/mol. The molecule has 0 saturated carbocycles. The van der Waals surface area contributed by atoms with Crippen molar-refractivity contribution in [1.29, 1.82) is 5.26 Å². The van der Waals surface area contributed by atoms with E-state index in [1.54, 1.807) is 0 Å². The van der Waals surface area contributed by atoms with Crippen LogP contribution in [-0.4, -0.2) is 30.2 Å². The van der Waals surface area contributed by atoms with Crippen molar-refractivity contribution in [3.8, 4) is 6.26 Å². The summed E-state index contributed by atoms with van der Waals surface area (Å²) in [6.07, 6.45) is 7.80. The number of rotatable bonds is 2. The predicted molar refractivity (Wildman–Crippen MR) is 66.3 cm³/mol. The van der Waals surface area contributed by atoms with Crippen LogP contribution in [0.25, 0.3) is 0 Å². The maximum absolute atomic E-state index is 10.0. The smallest absolute Gasteiger partial charge is 0.286 e. The first-order valence-electron chi connectivity index (χ1n) is 5.17. The van der Waals surface area contributed by atoms with Gasteiger partial charge in [0.25, 0.3) is 29.9 Å². The first kappa shape index (κ1) is 16.8.